The monoisotopic (exact) mass is 304 g/mol. The Morgan fingerprint density at radius 3 is 2.90 bits per heavy atom. The van der Waals surface area contributed by atoms with E-state index in [2.05, 4.69) is 30.3 Å². The van der Waals surface area contributed by atoms with Gasteiger partial charge >= 0.3 is 0 Å². The number of hydrogen-bond acceptors (Lipinski definition) is 3. The lowest BCUT2D eigenvalue weighted by atomic mass is 9.80. The third-order valence-corrected chi connectivity index (χ3v) is 6.81. The van der Waals surface area contributed by atoms with Gasteiger partial charge in [0.05, 0.1) is 11.7 Å². The van der Waals surface area contributed by atoms with Gasteiger partial charge in [0.1, 0.15) is 0 Å². The third-order valence-electron chi connectivity index (χ3n) is 5.59. The van der Waals surface area contributed by atoms with Crippen LogP contribution in [0.3, 0.4) is 0 Å². The Labute approximate surface area is 131 Å². The number of ether oxygens (including phenoxy) is 1. The van der Waals surface area contributed by atoms with E-state index in [0.29, 0.717) is 17.8 Å². The van der Waals surface area contributed by atoms with Crippen molar-refractivity contribution < 1.29 is 9.84 Å². The van der Waals surface area contributed by atoms with E-state index in [-0.39, 0.29) is 11.7 Å². The molecule has 3 heteroatoms. The molecule has 1 spiro atoms. The van der Waals surface area contributed by atoms with Crippen molar-refractivity contribution in [2.24, 2.45) is 11.8 Å². The summed E-state index contributed by atoms with van der Waals surface area (Å²) in [6.45, 7) is 0.838. The summed E-state index contributed by atoms with van der Waals surface area (Å²) in [6, 6.07) is 10.7. The molecule has 0 aromatic heterocycles. The van der Waals surface area contributed by atoms with E-state index in [4.69, 9.17) is 4.74 Å². The van der Waals surface area contributed by atoms with Crippen molar-refractivity contribution in [3.05, 3.63) is 35.9 Å². The van der Waals surface area contributed by atoms with Crippen LogP contribution >= 0.6 is 11.8 Å². The number of rotatable bonds is 3. The molecule has 1 N–H and O–H groups in total. The highest BCUT2D eigenvalue weighted by molar-refractivity contribution is 7.99. The SMILES string of the molecule is OC(C1CCOC2(CCSC2)C1)C1CC1c1ccccc1. The van der Waals surface area contributed by atoms with Crippen molar-refractivity contribution in [1.29, 1.82) is 0 Å². The maximum Gasteiger partial charge on any atom is 0.0783 e. The Hall–Kier alpha value is -0.510. The highest BCUT2D eigenvalue weighted by Crippen LogP contribution is 2.53. The molecule has 2 saturated heterocycles. The van der Waals surface area contributed by atoms with Gasteiger partial charge in [-0.15, -0.1) is 0 Å². The first-order chi connectivity index (χ1) is 10.3. The normalized spacial score (nSPS) is 40.3. The van der Waals surface area contributed by atoms with Crippen LogP contribution in [0.25, 0.3) is 0 Å². The zero-order valence-corrected chi connectivity index (χ0v) is 13.2. The van der Waals surface area contributed by atoms with Gasteiger partial charge in [0, 0.05) is 12.4 Å². The standard InChI is InChI=1S/C18H24O2S/c19-17(16-10-15(16)13-4-2-1-3-5-13)14-6-8-20-18(11-14)7-9-21-12-18/h1-5,14-17,19H,6-12H2. The first-order valence-electron chi connectivity index (χ1n) is 8.22. The lowest BCUT2D eigenvalue weighted by molar-refractivity contribution is -0.104. The Morgan fingerprint density at radius 2 is 2.14 bits per heavy atom. The zero-order valence-electron chi connectivity index (χ0n) is 12.4. The van der Waals surface area contributed by atoms with Crippen molar-refractivity contribution in [1.82, 2.24) is 0 Å². The molecule has 21 heavy (non-hydrogen) atoms. The summed E-state index contributed by atoms with van der Waals surface area (Å²) >= 11 is 2.01. The van der Waals surface area contributed by atoms with E-state index in [1.54, 1.807) is 0 Å². The molecule has 0 radical (unpaired) electrons. The maximum atomic E-state index is 10.8. The van der Waals surface area contributed by atoms with Gasteiger partial charge in [-0.3, -0.25) is 0 Å². The van der Waals surface area contributed by atoms with Crippen molar-refractivity contribution in [3.8, 4) is 0 Å². The summed E-state index contributed by atoms with van der Waals surface area (Å²) in [4.78, 5) is 0. The Kier molecular flexibility index (Phi) is 3.76. The van der Waals surface area contributed by atoms with Crippen LogP contribution in [0, 0.1) is 11.8 Å². The third kappa shape index (κ3) is 2.76. The molecule has 5 atom stereocenters. The maximum absolute atomic E-state index is 10.8. The second-order valence-electron chi connectivity index (χ2n) is 6.99. The molecule has 1 aromatic carbocycles. The summed E-state index contributed by atoms with van der Waals surface area (Å²) < 4.78 is 6.09. The first-order valence-corrected chi connectivity index (χ1v) is 9.38. The van der Waals surface area contributed by atoms with Gasteiger partial charge in [-0.2, -0.15) is 11.8 Å². The van der Waals surface area contributed by atoms with Crippen LogP contribution in [0.4, 0.5) is 0 Å². The molecule has 2 nitrogen and oxygen atoms in total. The molecular weight excluding hydrogens is 280 g/mol. The molecule has 5 unspecified atom stereocenters. The lowest BCUT2D eigenvalue weighted by Crippen LogP contribution is -2.43. The Morgan fingerprint density at radius 1 is 1.29 bits per heavy atom. The summed E-state index contributed by atoms with van der Waals surface area (Å²) in [5.41, 5.74) is 1.49. The van der Waals surface area contributed by atoms with E-state index in [1.165, 1.54) is 17.7 Å². The molecular formula is C18H24O2S. The predicted octanol–water partition coefficient (Wildman–Crippen LogP) is 3.45. The topological polar surface area (TPSA) is 29.5 Å². The average Bonchev–Trinajstić information content (AvgIpc) is 3.22. The summed E-state index contributed by atoms with van der Waals surface area (Å²) in [7, 11) is 0. The predicted molar refractivity (Wildman–Crippen MR) is 86.6 cm³/mol. The zero-order chi connectivity index (χ0) is 14.3. The van der Waals surface area contributed by atoms with E-state index in [1.807, 2.05) is 11.8 Å². The van der Waals surface area contributed by atoms with Crippen LogP contribution in [0.5, 0.6) is 0 Å². The molecule has 114 valence electrons. The molecule has 1 aromatic rings. The summed E-state index contributed by atoms with van der Waals surface area (Å²) in [5, 5.41) is 10.8. The van der Waals surface area contributed by atoms with Crippen LogP contribution in [0.1, 0.15) is 37.2 Å². The molecule has 3 fully saturated rings. The number of aliphatic hydroxyl groups is 1. The van der Waals surface area contributed by atoms with Crippen LogP contribution in [0.15, 0.2) is 30.3 Å². The van der Waals surface area contributed by atoms with Crippen molar-refractivity contribution in [3.63, 3.8) is 0 Å². The molecule has 2 heterocycles. The molecule has 0 bridgehead atoms. The van der Waals surface area contributed by atoms with Gasteiger partial charge in [-0.05, 0) is 54.8 Å². The van der Waals surface area contributed by atoms with Gasteiger partial charge in [-0.25, -0.2) is 0 Å². The van der Waals surface area contributed by atoms with Gasteiger partial charge < -0.3 is 9.84 Å². The van der Waals surface area contributed by atoms with Gasteiger partial charge in [-0.1, -0.05) is 30.3 Å². The minimum absolute atomic E-state index is 0.0890. The second-order valence-corrected chi connectivity index (χ2v) is 8.10. The number of benzene rings is 1. The summed E-state index contributed by atoms with van der Waals surface area (Å²) in [5.74, 6) is 3.85. The number of thioether (sulfide) groups is 1. The fourth-order valence-electron chi connectivity index (χ4n) is 4.25. The smallest absolute Gasteiger partial charge is 0.0783 e. The van der Waals surface area contributed by atoms with Crippen molar-refractivity contribution in [2.45, 2.75) is 43.3 Å². The highest BCUT2D eigenvalue weighted by atomic mass is 32.2. The van der Waals surface area contributed by atoms with Gasteiger partial charge in [0.15, 0.2) is 0 Å². The minimum Gasteiger partial charge on any atom is -0.393 e. The van der Waals surface area contributed by atoms with Crippen molar-refractivity contribution >= 4 is 11.8 Å². The van der Waals surface area contributed by atoms with E-state index in [9.17, 15) is 5.11 Å². The van der Waals surface area contributed by atoms with Crippen molar-refractivity contribution in [2.75, 3.05) is 18.1 Å². The van der Waals surface area contributed by atoms with E-state index in [0.717, 1.165) is 31.6 Å². The Bertz CT molecular complexity index is 483. The molecule has 0 amide bonds. The quantitative estimate of drug-likeness (QED) is 0.927. The molecule has 4 rings (SSSR count). The largest absolute Gasteiger partial charge is 0.393 e. The number of aliphatic hydroxyl groups excluding tert-OH is 1. The number of hydrogen-bond donors (Lipinski definition) is 1. The lowest BCUT2D eigenvalue weighted by Gasteiger charge is -2.39. The first kappa shape index (κ1) is 14.1. The van der Waals surface area contributed by atoms with E-state index < -0.39 is 0 Å². The fourth-order valence-corrected chi connectivity index (χ4v) is 5.62. The molecule has 1 aliphatic carbocycles. The molecule has 2 aliphatic heterocycles. The molecule has 1 saturated carbocycles. The molecule has 3 aliphatic rings. The minimum atomic E-state index is -0.137. The van der Waals surface area contributed by atoms with E-state index >= 15 is 0 Å². The van der Waals surface area contributed by atoms with Crippen LogP contribution in [-0.2, 0) is 4.74 Å². The summed E-state index contributed by atoms with van der Waals surface area (Å²) in [6.07, 6.45) is 4.30. The van der Waals surface area contributed by atoms with Gasteiger partial charge in [0.25, 0.3) is 0 Å². The Balaban J connectivity index is 1.40. The second kappa shape index (κ2) is 5.60. The fraction of sp³-hybridized carbons (Fsp3) is 0.667. The average molecular weight is 304 g/mol. The van der Waals surface area contributed by atoms with Gasteiger partial charge in [0.2, 0.25) is 0 Å². The van der Waals surface area contributed by atoms with Crippen LogP contribution in [-0.4, -0.2) is 34.9 Å². The highest BCUT2D eigenvalue weighted by Gasteiger charge is 2.49. The van der Waals surface area contributed by atoms with Crippen LogP contribution < -0.4 is 0 Å². The van der Waals surface area contributed by atoms with Crippen LogP contribution in [0.2, 0.25) is 0 Å².